The second kappa shape index (κ2) is 4.45. The maximum absolute atomic E-state index is 9.01. The van der Waals surface area contributed by atoms with Gasteiger partial charge in [-0.3, -0.25) is 0 Å². The summed E-state index contributed by atoms with van der Waals surface area (Å²) in [6, 6.07) is 0.588. The highest BCUT2D eigenvalue weighted by molar-refractivity contribution is 7.09. The quantitative estimate of drug-likeness (QED) is 0.830. The molecular weight excluding hydrogens is 210 g/mol. The summed E-state index contributed by atoms with van der Waals surface area (Å²) in [6.45, 7) is 5.06. The first-order valence-corrected chi connectivity index (χ1v) is 6.21. The van der Waals surface area contributed by atoms with E-state index >= 15 is 0 Å². The molecule has 0 aliphatic heterocycles. The molecule has 0 aromatic carbocycles. The number of nitrogens with zero attached hydrogens (tertiary/aromatic N) is 3. The van der Waals surface area contributed by atoms with Crippen LogP contribution in [0.2, 0.25) is 0 Å². The van der Waals surface area contributed by atoms with Gasteiger partial charge in [-0.25, -0.2) is 4.98 Å². The first-order chi connectivity index (χ1) is 7.22. The van der Waals surface area contributed by atoms with Gasteiger partial charge in [0.05, 0.1) is 6.61 Å². The minimum Gasteiger partial charge on any atom is -0.395 e. The highest BCUT2D eigenvalue weighted by atomic mass is 32.1. The van der Waals surface area contributed by atoms with E-state index < -0.39 is 0 Å². The second-order valence-corrected chi connectivity index (χ2v) is 4.97. The molecule has 2 rings (SSSR count). The van der Waals surface area contributed by atoms with E-state index in [-0.39, 0.29) is 6.61 Å². The number of hydrogen-bond donors (Lipinski definition) is 1. The summed E-state index contributed by atoms with van der Waals surface area (Å²) in [5, 5.41) is 9.97. The summed E-state index contributed by atoms with van der Waals surface area (Å²) in [5.41, 5.74) is 0. The lowest BCUT2D eigenvalue weighted by Gasteiger charge is -2.19. The predicted molar refractivity (Wildman–Crippen MR) is 61.5 cm³/mol. The standard InChI is InChI=1S/C10H17N3OS/c1-7(2)9-11-10(15-12-9)13(5-6-14)8-3-4-8/h7-8,14H,3-6H2,1-2H3. The fourth-order valence-electron chi connectivity index (χ4n) is 1.51. The second-order valence-electron chi connectivity index (χ2n) is 4.24. The van der Waals surface area contributed by atoms with Crippen LogP contribution in [0.4, 0.5) is 5.13 Å². The van der Waals surface area contributed by atoms with E-state index in [1.807, 2.05) is 0 Å². The lowest BCUT2D eigenvalue weighted by Crippen LogP contribution is -2.28. The van der Waals surface area contributed by atoms with Crippen LogP contribution in [-0.4, -0.2) is 33.7 Å². The Balaban J connectivity index is 2.10. The van der Waals surface area contributed by atoms with Gasteiger partial charge in [-0.15, -0.1) is 0 Å². The van der Waals surface area contributed by atoms with Gasteiger partial charge >= 0.3 is 0 Å². The Hall–Kier alpha value is -0.680. The smallest absolute Gasteiger partial charge is 0.205 e. The molecule has 1 N–H and O–H groups in total. The molecule has 1 aromatic rings. The van der Waals surface area contributed by atoms with Gasteiger partial charge in [0.15, 0.2) is 0 Å². The third-order valence-corrected chi connectivity index (χ3v) is 3.29. The Kier molecular flexibility index (Phi) is 3.21. The molecule has 0 saturated heterocycles. The Morgan fingerprint density at radius 2 is 2.27 bits per heavy atom. The molecule has 0 bridgehead atoms. The lowest BCUT2D eigenvalue weighted by atomic mass is 10.2. The lowest BCUT2D eigenvalue weighted by molar-refractivity contribution is 0.301. The summed E-state index contributed by atoms with van der Waals surface area (Å²) < 4.78 is 4.34. The Bertz CT molecular complexity index is 322. The van der Waals surface area contributed by atoms with Crippen molar-refractivity contribution in [3.8, 4) is 0 Å². The molecule has 1 aromatic heterocycles. The van der Waals surface area contributed by atoms with Gasteiger partial charge in [0.25, 0.3) is 0 Å². The molecule has 0 unspecified atom stereocenters. The van der Waals surface area contributed by atoms with Crippen LogP contribution in [0.15, 0.2) is 0 Å². The Morgan fingerprint density at radius 1 is 1.53 bits per heavy atom. The zero-order chi connectivity index (χ0) is 10.8. The van der Waals surface area contributed by atoms with Crippen molar-refractivity contribution in [2.45, 2.75) is 38.6 Å². The Labute approximate surface area is 94.1 Å². The highest BCUT2D eigenvalue weighted by Crippen LogP contribution is 2.32. The number of aromatic nitrogens is 2. The molecule has 15 heavy (non-hydrogen) atoms. The molecule has 1 aliphatic rings. The topological polar surface area (TPSA) is 49.2 Å². The zero-order valence-corrected chi connectivity index (χ0v) is 10.00. The molecule has 5 heteroatoms. The summed E-state index contributed by atoms with van der Waals surface area (Å²) in [4.78, 5) is 6.70. The Morgan fingerprint density at radius 3 is 2.73 bits per heavy atom. The fourth-order valence-corrected chi connectivity index (χ4v) is 2.41. The first-order valence-electron chi connectivity index (χ1n) is 5.43. The van der Waals surface area contributed by atoms with E-state index in [0.717, 1.165) is 11.0 Å². The van der Waals surface area contributed by atoms with Crippen molar-refractivity contribution in [3.63, 3.8) is 0 Å². The van der Waals surface area contributed by atoms with Gasteiger partial charge in [0, 0.05) is 30.0 Å². The number of aliphatic hydroxyl groups excluding tert-OH is 1. The molecule has 84 valence electrons. The zero-order valence-electron chi connectivity index (χ0n) is 9.18. The van der Waals surface area contributed by atoms with Crippen molar-refractivity contribution in [1.29, 1.82) is 0 Å². The molecule has 0 radical (unpaired) electrons. The van der Waals surface area contributed by atoms with Crippen LogP contribution < -0.4 is 4.90 Å². The van der Waals surface area contributed by atoms with E-state index in [4.69, 9.17) is 5.11 Å². The molecule has 0 atom stereocenters. The maximum Gasteiger partial charge on any atom is 0.205 e. The van der Waals surface area contributed by atoms with E-state index in [1.165, 1.54) is 24.4 Å². The molecule has 0 amide bonds. The largest absolute Gasteiger partial charge is 0.395 e. The summed E-state index contributed by atoms with van der Waals surface area (Å²) in [7, 11) is 0. The van der Waals surface area contributed by atoms with E-state index in [2.05, 4.69) is 28.1 Å². The third kappa shape index (κ3) is 2.46. The fraction of sp³-hybridized carbons (Fsp3) is 0.800. The first kappa shape index (κ1) is 10.8. The van der Waals surface area contributed by atoms with Crippen molar-refractivity contribution in [2.24, 2.45) is 0 Å². The van der Waals surface area contributed by atoms with E-state index in [9.17, 15) is 0 Å². The summed E-state index contributed by atoms with van der Waals surface area (Å²) in [6.07, 6.45) is 2.44. The van der Waals surface area contributed by atoms with Gasteiger partial charge in [0.1, 0.15) is 5.82 Å². The molecular formula is C10H17N3OS. The van der Waals surface area contributed by atoms with Crippen LogP contribution in [0.3, 0.4) is 0 Å². The van der Waals surface area contributed by atoms with Gasteiger partial charge in [0.2, 0.25) is 5.13 Å². The number of hydrogen-bond acceptors (Lipinski definition) is 5. The minimum atomic E-state index is 0.188. The molecule has 4 nitrogen and oxygen atoms in total. The molecule has 1 aliphatic carbocycles. The molecule has 0 spiro atoms. The van der Waals surface area contributed by atoms with Crippen molar-refractivity contribution in [3.05, 3.63) is 5.82 Å². The van der Waals surface area contributed by atoms with Crippen LogP contribution in [0.1, 0.15) is 38.4 Å². The van der Waals surface area contributed by atoms with Crippen molar-refractivity contribution in [1.82, 2.24) is 9.36 Å². The SMILES string of the molecule is CC(C)c1nsc(N(CCO)C2CC2)n1. The number of aliphatic hydroxyl groups is 1. The van der Waals surface area contributed by atoms with Crippen LogP contribution in [0.25, 0.3) is 0 Å². The molecule has 1 heterocycles. The van der Waals surface area contributed by atoms with Crippen LogP contribution in [0.5, 0.6) is 0 Å². The van der Waals surface area contributed by atoms with Crippen molar-refractivity contribution >= 4 is 16.7 Å². The van der Waals surface area contributed by atoms with Gasteiger partial charge in [-0.2, -0.15) is 4.37 Å². The average Bonchev–Trinajstić information content (AvgIpc) is 2.91. The average molecular weight is 227 g/mol. The van der Waals surface area contributed by atoms with Gasteiger partial charge in [-0.1, -0.05) is 13.8 Å². The van der Waals surface area contributed by atoms with Gasteiger partial charge in [-0.05, 0) is 12.8 Å². The van der Waals surface area contributed by atoms with E-state index in [1.54, 1.807) is 0 Å². The third-order valence-electron chi connectivity index (χ3n) is 2.52. The van der Waals surface area contributed by atoms with E-state index in [0.29, 0.717) is 18.5 Å². The van der Waals surface area contributed by atoms with Crippen LogP contribution >= 0.6 is 11.5 Å². The summed E-state index contributed by atoms with van der Waals surface area (Å²) >= 11 is 1.45. The summed E-state index contributed by atoms with van der Waals surface area (Å²) in [5.74, 6) is 1.30. The van der Waals surface area contributed by atoms with Crippen molar-refractivity contribution in [2.75, 3.05) is 18.1 Å². The number of rotatable bonds is 5. The maximum atomic E-state index is 9.01. The monoisotopic (exact) mass is 227 g/mol. The normalized spacial score (nSPS) is 16.0. The predicted octanol–water partition coefficient (Wildman–Crippen LogP) is 1.62. The number of anilines is 1. The van der Waals surface area contributed by atoms with Crippen molar-refractivity contribution < 1.29 is 5.11 Å². The van der Waals surface area contributed by atoms with Crippen LogP contribution in [0, 0.1) is 0 Å². The van der Waals surface area contributed by atoms with Gasteiger partial charge < -0.3 is 10.0 Å². The minimum absolute atomic E-state index is 0.188. The highest BCUT2D eigenvalue weighted by Gasteiger charge is 2.30. The molecule has 1 saturated carbocycles. The molecule has 1 fully saturated rings. The van der Waals surface area contributed by atoms with Crippen LogP contribution in [-0.2, 0) is 0 Å².